The maximum Gasteiger partial charge on any atom is -0.0321 e. The Morgan fingerprint density at radius 3 is 1.52 bits per heavy atom. The van der Waals surface area contributed by atoms with Crippen molar-refractivity contribution in [1.29, 1.82) is 0 Å². The van der Waals surface area contributed by atoms with Crippen molar-refractivity contribution in [2.75, 3.05) is 0 Å². The minimum atomic E-state index is 1.09. The van der Waals surface area contributed by atoms with Gasteiger partial charge in [-0.3, -0.25) is 0 Å². The molecule has 6 bridgehead atoms. The summed E-state index contributed by atoms with van der Waals surface area (Å²) in [5, 5.41) is 0. The van der Waals surface area contributed by atoms with E-state index in [1.54, 1.807) is 57.8 Å². The van der Waals surface area contributed by atoms with Gasteiger partial charge in [-0.15, -0.1) is 0 Å². The second-order valence-electron chi connectivity index (χ2n) is 12.5. The Morgan fingerprint density at radius 2 is 0.880 bits per heavy atom. The van der Waals surface area contributed by atoms with Gasteiger partial charge in [0.2, 0.25) is 0 Å². The molecule has 15 unspecified atom stereocenters. The molecule has 0 aromatic heterocycles. The van der Waals surface area contributed by atoms with Crippen molar-refractivity contribution in [2.24, 2.45) is 88.8 Å². The second-order valence-corrected chi connectivity index (χ2v) is 12.5. The third-order valence-electron chi connectivity index (χ3n) is 12.8. The average Bonchev–Trinajstić information content (AvgIpc) is 3.35. The molecule has 0 aliphatic heterocycles. The van der Waals surface area contributed by atoms with Crippen LogP contribution in [0.4, 0.5) is 0 Å². The van der Waals surface area contributed by atoms with Crippen LogP contribution in [0.25, 0.3) is 0 Å². The molecule has 0 heteroatoms. The quantitative estimate of drug-likeness (QED) is 0.485. The molecule has 25 heavy (non-hydrogen) atoms. The summed E-state index contributed by atoms with van der Waals surface area (Å²) in [5.41, 5.74) is 0. The van der Waals surface area contributed by atoms with Gasteiger partial charge in [0, 0.05) is 0 Å². The van der Waals surface area contributed by atoms with E-state index in [2.05, 4.69) is 6.92 Å². The van der Waals surface area contributed by atoms with Gasteiger partial charge >= 0.3 is 0 Å². The summed E-state index contributed by atoms with van der Waals surface area (Å²) >= 11 is 0. The van der Waals surface area contributed by atoms with Gasteiger partial charge in [0.1, 0.15) is 0 Å². The Bertz CT molecular complexity index is 578. The van der Waals surface area contributed by atoms with Crippen LogP contribution in [0.3, 0.4) is 0 Å². The Hall–Kier alpha value is 0. The lowest BCUT2D eigenvalue weighted by molar-refractivity contribution is -0.0173. The zero-order valence-electron chi connectivity index (χ0n) is 16.0. The van der Waals surface area contributed by atoms with E-state index in [0.717, 1.165) is 11.8 Å². The zero-order chi connectivity index (χ0) is 16.0. The molecule has 0 nitrogen and oxygen atoms in total. The molecule has 0 aromatic rings. The molecule has 0 radical (unpaired) electrons. The summed E-state index contributed by atoms with van der Waals surface area (Å²) < 4.78 is 0. The van der Waals surface area contributed by atoms with Crippen molar-refractivity contribution < 1.29 is 0 Å². The highest BCUT2D eigenvalue weighted by atomic mass is 14.7. The summed E-state index contributed by atoms with van der Waals surface area (Å²) in [5.74, 6) is 17.9. The van der Waals surface area contributed by atoms with Crippen LogP contribution in [0.5, 0.6) is 0 Å². The molecule has 8 rings (SSSR count). The van der Waals surface area contributed by atoms with E-state index in [1.807, 2.05) is 0 Å². The van der Waals surface area contributed by atoms with E-state index in [-0.39, 0.29) is 0 Å². The van der Waals surface area contributed by atoms with Gasteiger partial charge in [0.05, 0.1) is 0 Å². The fourth-order valence-corrected chi connectivity index (χ4v) is 12.3. The monoisotopic (exact) mass is 336 g/mol. The lowest BCUT2D eigenvalue weighted by Crippen LogP contribution is -2.44. The van der Waals surface area contributed by atoms with E-state index in [1.165, 1.54) is 76.9 Å². The molecule has 0 saturated heterocycles. The largest absolute Gasteiger partial charge is 0.0620 e. The zero-order valence-corrected chi connectivity index (χ0v) is 16.0. The number of hydrogen-bond acceptors (Lipinski definition) is 0. The highest BCUT2D eigenvalue weighted by Gasteiger charge is 2.69. The van der Waals surface area contributed by atoms with E-state index >= 15 is 0 Å². The van der Waals surface area contributed by atoms with Gasteiger partial charge in [0.25, 0.3) is 0 Å². The third kappa shape index (κ3) is 1.43. The first kappa shape index (κ1) is 14.1. The smallest absolute Gasteiger partial charge is 0.0321 e. The van der Waals surface area contributed by atoms with Crippen molar-refractivity contribution in [1.82, 2.24) is 0 Å². The maximum absolute atomic E-state index is 2.68. The van der Waals surface area contributed by atoms with Crippen LogP contribution in [0.1, 0.15) is 64.7 Å². The lowest BCUT2D eigenvalue weighted by atomic mass is 9.55. The molecular weight excluding hydrogens is 300 g/mol. The van der Waals surface area contributed by atoms with E-state index in [4.69, 9.17) is 0 Å². The lowest BCUT2D eigenvalue weighted by Gasteiger charge is -2.50. The maximum atomic E-state index is 2.68. The molecule has 0 N–H and O–H groups in total. The standard InChI is InChI=1S/C25H36/c1-11-14-4-5-15(14)17-7-16(11)18-8-20-21(9-19(17)18)23-10-22(20)24-12-2-3-13(6-12)25(23)24/h11-25H,2-10H2,1H3. The molecule has 0 spiro atoms. The van der Waals surface area contributed by atoms with Crippen LogP contribution in [0, 0.1) is 88.8 Å². The van der Waals surface area contributed by atoms with Crippen molar-refractivity contribution in [3.8, 4) is 0 Å². The van der Waals surface area contributed by atoms with Gasteiger partial charge in [-0.25, -0.2) is 0 Å². The van der Waals surface area contributed by atoms with Gasteiger partial charge in [-0.05, 0) is 147 Å². The molecule has 0 amide bonds. The fourth-order valence-electron chi connectivity index (χ4n) is 12.3. The third-order valence-corrected chi connectivity index (χ3v) is 12.8. The van der Waals surface area contributed by atoms with Crippen LogP contribution in [-0.2, 0) is 0 Å². The second kappa shape index (κ2) is 4.35. The predicted octanol–water partition coefficient (Wildman–Crippen LogP) is 5.87. The summed E-state index contributed by atoms with van der Waals surface area (Å²) in [6, 6.07) is 0. The summed E-state index contributed by atoms with van der Waals surface area (Å²) in [7, 11) is 0. The van der Waals surface area contributed by atoms with Crippen molar-refractivity contribution in [3.05, 3.63) is 0 Å². The number of fused-ring (bicyclic) bond motifs is 19. The number of rotatable bonds is 0. The minimum absolute atomic E-state index is 1.09. The van der Waals surface area contributed by atoms with Crippen LogP contribution >= 0.6 is 0 Å². The van der Waals surface area contributed by atoms with Crippen LogP contribution in [0.15, 0.2) is 0 Å². The van der Waals surface area contributed by atoms with Crippen molar-refractivity contribution in [3.63, 3.8) is 0 Å². The minimum Gasteiger partial charge on any atom is -0.0620 e. The molecule has 8 saturated carbocycles. The summed E-state index contributed by atoms with van der Waals surface area (Å²) in [6.45, 7) is 2.68. The van der Waals surface area contributed by atoms with E-state index < -0.39 is 0 Å². The molecule has 0 heterocycles. The molecule has 8 aliphatic rings. The number of hydrogen-bond donors (Lipinski definition) is 0. The molecular formula is C25H36. The molecule has 8 aliphatic carbocycles. The summed E-state index contributed by atoms with van der Waals surface area (Å²) in [4.78, 5) is 0. The van der Waals surface area contributed by atoms with Gasteiger partial charge in [-0.1, -0.05) is 6.92 Å². The highest BCUT2D eigenvalue weighted by Crippen LogP contribution is 2.75. The Balaban J connectivity index is 1.15. The normalized spacial score (nSPS) is 73.6. The van der Waals surface area contributed by atoms with E-state index in [0.29, 0.717) is 0 Å². The first-order valence-electron chi connectivity index (χ1n) is 12.3. The molecule has 136 valence electrons. The SMILES string of the molecule is CC1C2CCC2C2CC1C1CC3C(CC12)C1CC3C2C3CCC(C3)C12. The topological polar surface area (TPSA) is 0 Å². The Kier molecular flexibility index (Phi) is 2.45. The predicted molar refractivity (Wildman–Crippen MR) is 99.6 cm³/mol. The van der Waals surface area contributed by atoms with Crippen molar-refractivity contribution >= 4 is 0 Å². The average molecular weight is 337 g/mol. The van der Waals surface area contributed by atoms with Crippen molar-refractivity contribution in [2.45, 2.75) is 64.7 Å². The van der Waals surface area contributed by atoms with E-state index in [9.17, 15) is 0 Å². The Labute approximate surface area is 153 Å². The van der Waals surface area contributed by atoms with Crippen LogP contribution < -0.4 is 0 Å². The van der Waals surface area contributed by atoms with Crippen LogP contribution in [-0.4, -0.2) is 0 Å². The van der Waals surface area contributed by atoms with Crippen LogP contribution in [0.2, 0.25) is 0 Å². The molecule has 15 atom stereocenters. The summed E-state index contributed by atoms with van der Waals surface area (Å²) in [6.07, 6.45) is 14.9. The fraction of sp³-hybridized carbons (Fsp3) is 1.00. The Morgan fingerprint density at radius 1 is 0.400 bits per heavy atom. The first-order chi connectivity index (χ1) is 12.3. The molecule has 0 aromatic carbocycles. The first-order valence-corrected chi connectivity index (χ1v) is 12.3. The van der Waals surface area contributed by atoms with Gasteiger partial charge < -0.3 is 0 Å². The molecule has 8 fully saturated rings. The highest BCUT2D eigenvalue weighted by molar-refractivity contribution is 5.17. The van der Waals surface area contributed by atoms with Gasteiger partial charge in [-0.2, -0.15) is 0 Å². The van der Waals surface area contributed by atoms with Gasteiger partial charge in [0.15, 0.2) is 0 Å².